The van der Waals surface area contributed by atoms with Gasteiger partial charge in [-0.1, -0.05) is 18.6 Å². The third kappa shape index (κ3) is 3.47. The zero-order valence-corrected chi connectivity index (χ0v) is 16.5. The Hall–Kier alpha value is -2.53. The van der Waals surface area contributed by atoms with E-state index in [1.165, 1.54) is 19.3 Å². The summed E-state index contributed by atoms with van der Waals surface area (Å²) in [4.78, 5) is 13.0. The van der Waals surface area contributed by atoms with Crippen LogP contribution in [0.15, 0.2) is 30.3 Å². The first-order chi connectivity index (χ1) is 13.7. The number of benzene rings is 2. The molecule has 4 rings (SSSR count). The van der Waals surface area contributed by atoms with Crippen LogP contribution in [0.5, 0.6) is 17.2 Å². The summed E-state index contributed by atoms with van der Waals surface area (Å²) in [5, 5.41) is 3.55. The fourth-order valence-corrected chi connectivity index (χ4v) is 4.14. The van der Waals surface area contributed by atoms with Crippen molar-refractivity contribution in [2.75, 3.05) is 26.9 Å². The predicted octanol–water partition coefficient (Wildman–Crippen LogP) is 4.22. The molecular weight excluding hydrogens is 354 g/mol. The van der Waals surface area contributed by atoms with E-state index in [-0.39, 0.29) is 5.78 Å². The summed E-state index contributed by atoms with van der Waals surface area (Å²) >= 11 is 0. The monoisotopic (exact) mass is 381 g/mol. The molecule has 148 valence electrons. The molecule has 0 bridgehead atoms. The lowest BCUT2D eigenvalue weighted by atomic mass is 10.0. The van der Waals surface area contributed by atoms with Gasteiger partial charge in [-0.15, -0.1) is 0 Å². The Morgan fingerprint density at radius 1 is 1.07 bits per heavy atom. The molecule has 1 aliphatic carbocycles. The summed E-state index contributed by atoms with van der Waals surface area (Å²) in [6.45, 7) is 4.16. The number of hydrogen-bond acceptors (Lipinski definition) is 5. The van der Waals surface area contributed by atoms with Crippen LogP contribution < -0.4 is 19.5 Å². The van der Waals surface area contributed by atoms with Crippen LogP contribution >= 0.6 is 0 Å². The molecule has 1 fully saturated rings. The number of hydrogen-bond donors (Lipinski definition) is 1. The minimum atomic E-state index is -0.00995. The summed E-state index contributed by atoms with van der Waals surface area (Å²) in [6, 6.07) is 9.82. The molecule has 1 heterocycles. The van der Waals surface area contributed by atoms with Gasteiger partial charge in [-0.3, -0.25) is 4.79 Å². The average Bonchev–Trinajstić information content (AvgIpc) is 3.02. The topological polar surface area (TPSA) is 56.8 Å². The number of ketones is 1. The van der Waals surface area contributed by atoms with Gasteiger partial charge in [0.1, 0.15) is 17.2 Å². The minimum absolute atomic E-state index is 0.00995. The highest BCUT2D eigenvalue weighted by Gasteiger charge is 2.33. The van der Waals surface area contributed by atoms with Crippen molar-refractivity contribution in [1.29, 1.82) is 0 Å². The maximum absolute atomic E-state index is 13.0. The van der Waals surface area contributed by atoms with Gasteiger partial charge in [0.2, 0.25) is 0 Å². The van der Waals surface area contributed by atoms with Crippen LogP contribution in [0.4, 0.5) is 0 Å². The highest BCUT2D eigenvalue weighted by atomic mass is 16.5. The lowest BCUT2D eigenvalue weighted by Crippen LogP contribution is -2.35. The molecule has 2 aromatic carbocycles. The van der Waals surface area contributed by atoms with Gasteiger partial charge < -0.3 is 19.5 Å². The summed E-state index contributed by atoms with van der Waals surface area (Å²) in [5.41, 5.74) is 2.93. The van der Waals surface area contributed by atoms with E-state index in [4.69, 9.17) is 14.2 Å². The van der Waals surface area contributed by atoms with E-state index in [2.05, 4.69) is 5.32 Å². The molecule has 5 heteroatoms. The van der Waals surface area contributed by atoms with Crippen LogP contribution in [0.1, 0.15) is 48.5 Å². The highest BCUT2D eigenvalue weighted by Crippen LogP contribution is 2.49. The second-order valence-electron chi connectivity index (χ2n) is 7.27. The van der Waals surface area contributed by atoms with Crippen LogP contribution in [0.25, 0.3) is 11.1 Å². The average molecular weight is 381 g/mol. The highest BCUT2D eigenvalue weighted by molar-refractivity contribution is 6.23. The van der Waals surface area contributed by atoms with Gasteiger partial charge in [0.05, 0.1) is 20.3 Å². The molecule has 0 radical (unpaired) electrons. The molecule has 1 unspecified atom stereocenters. The molecule has 0 amide bonds. The van der Waals surface area contributed by atoms with Crippen LogP contribution in [0.3, 0.4) is 0 Å². The third-order valence-corrected chi connectivity index (χ3v) is 5.51. The van der Waals surface area contributed by atoms with Gasteiger partial charge in [-0.05, 0) is 44.9 Å². The third-order valence-electron chi connectivity index (χ3n) is 5.51. The summed E-state index contributed by atoms with van der Waals surface area (Å²) < 4.78 is 17.4. The number of methoxy groups -OCH3 is 1. The Morgan fingerprint density at radius 2 is 1.93 bits per heavy atom. The first-order valence-electron chi connectivity index (χ1n) is 10.1. The number of piperidine rings is 1. The van der Waals surface area contributed by atoms with Gasteiger partial charge in [0.25, 0.3) is 0 Å². The molecule has 0 aromatic heterocycles. The van der Waals surface area contributed by atoms with E-state index in [1.807, 2.05) is 31.2 Å². The number of nitrogens with one attached hydrogen (secondary N) is 1. The van der Waals surface area contributed by atoms with Crippen LogP contribution in [-0.4, -0.2) is 38.7 Å². The van der Waals surface area contributed by atoms with E-state index in [1.54, 1.807) is 13.2 Å². The standard InChI is InChI=1S/C23H27NO4/c1-3-27-20-14-16(26-2)13-18-22(20)21-17(23(18)25)8-6-9-19(21)28-12-10-15-7-4-5-11-24-15/h6,8-9,13-15,24H,3-5,7,10-12H2,1-2H3. The van der Waals surface area contributed by atoms with E-state index in [0.717, 1.165) is 29.8 Å². The summed E-state index contributed by atoms with van der Waals surface area (Å²) in [7, 11) is 1.60. The van der Waals surface area contributed by atoms with E-state index < -0.39 is 0 Å². The largest absolute Gasteiger partial charge is 0.497 e. The fraction of sp³-hybridized carbons (Fsp3) is 0.435. The Morgan fingerprint density at radius 3 is 2.68 bits per heavy atom. The van der Waals surface area contributed by atoms with Crippen molar-refractivity contribution in [3.8, 4) is 28.4 Å². The molecule has 1 atom stereocenters. The quantitative estimate of drug-likeness (QED) is 0.664. The fourth-order valence-electron chi connectivity index (χ4n) is 4.14. The Bertz CT molecular complexity index is 871. The van der Waals surface area contributed by atoms with Crippen LogP contribution in [0, 0.1) is 0 Å². The van der Waals surface area contributed by atoms with Crippen molar-refractivity contribution in [3.63, 3.8) is 0 Å². The first kappa shape index (κ1) is 18.8. The minimum Gasteiger partial charge on any atom is -0.497 e. The van der Waals surface area contributed by atoms with Gasteiger partial charge >= 0.3 is 0 Å². The SMILES string of the molecule is CCOc1cc(OC)cc2c1-c1c(OCCC3CCCCN3)cccc1C2=O. The summed E-state index contributed by atoms with van der Waals surface area (Å²) in [5.74, 6) is 2.01. The molecule has 1 saturated heterocycles. The first-order valence-corrected chi connectivity index (χ1v) is 10.1. The number of carbonyl (C=O) groups is 1. The Labute approximate surface area is 166 Å². The van der Waals surface area contributed by atoms with Gasteiger partial charge in [-0.25, -0.2) is 0 Å². The lowest BCUT2D eigenvalue weighted by Gasteiger charge is -2.23. The van der Waals surface area contributed by atoms with E-state index >= 15 is 0 Å². The van der Waals surface area contributed by atoms with Gasteiger partial charge in [0.15, 0.2) is 5.78 Å². The molecule has 1 N–H and O–H groups in total. The molecular formula is C23H27NO4. The predicted molar refractivity (Wildman–Crippen MR) is 109 cm³/mol. The molecule has 0 saturated carbocycles. The van der Waals surface area contributed by atoms with E-state index in [0.29, 0.717) is 41.9 Å². The number of ether oxygens (including phenoxy) is 3. The maximum Gasteiger partial charge on any atom is 0.194 e. The van der Waals surface area contributed by atoms with Crippen molar-refractivity contribution in [1.82, 2.24) is 5.32 Å². The normalized spacial score (nSPS) is 17.8. The van der Waals surface area contributed by atoms with Gasteiger partial charge in [0, 0.05) is 34.4 Å². The molecule has 1 aliphatic heterocycles. The maximum atomic E-state index is 13.0. The van der Waals surface area contributed by atoms with Crippen LogP contribution in [-0.2, 0) is 0 Å². The van der Waals surface area contributed by atoms with Crippen molar-refractivity contribution >= 4 is 5.78 Å². The molecule has 28 heavy (non-hydrogen) atoms. The molecule has 0 spiro atoms. The second-order valence-corrected chi connectivity index (χ2v) is 7.27. The van der Waals surface area contributed by atoms with Crippen molar-refractivity contribution in [2.24, 2.45) is 0 Å². The number of carbonyl (C=O) groups excluding carboxylic acids is 1. The lowest BCUT2D eigenvalue weighted by molar-refractivity contribution is 0.104. The van der Waals surface area contributed by atoms with Crippen molar-refractivity contribution < 1.29 is 19.0 Å². The molecule has 5 nitrogen and oxygen atoms in total. The number of fused-ring (bicyclic) bond motifs is 3. The second kappa shape index (κ2) is 8.23. The molecule has 2 aromatic rings. The van der Waals surface area contributed by atoms with E-state index in [9.17, 15) is 4.79 Å². The molecule has 2 aliphatic rings. The van der Waals surface area contributed by atoms with Crippen molar-refractivity contribution in [3.05, 3.63) is 41.5 Å². The van der Waals surface area contributed by atoms with Crippen molar-refractivity contribution in [2.45, 2.75) is 38.6 Å². The Kier molecular flexibility index (Phi) is 5.53. The summed E-state index contributed by atoms with van der Waals surface area (Å²) in [6.07, 6.45) is 4.70. The zero-order chi connectivity index (χ0) is 19.5. The van der Waals surface area contributed by atoms with Crippen LogP contribution in [0.2, 0.25) is 0 Å². The zero-order valence-electron chi connectivity index (χ0n) is 16.5. The Balaban J connectivity index is 1.65. The number of rotatable bonds is 7. The smallest absolute Gasteiger partial charge is 0.194 e. The van der Waals surface area contributed by atoms with Gasteiger partial charge in [-0.2, -0.15) is 0 Å².